The van der Waals surface area contributed by atoms with Gasteiger partial charge < -0.3 is 20.7 Å². The average molecular weight is 363 g/mol. The first kappa shape index (κ1) is 21.8. The highest BCUT2D eigenvalue weighted by molar-refractivity contribution is 5.81. The lowest BCUT2D eigenvalue weighted by Gasteiger charge is -2.18. The van der Waals surface area contributed by atoms with Crippen molar-refractivity contribution in [1.82, 2.24) is 16.0 Å². The van der Waals surface area contributed by atoms with E-state index in [4.69, 9.17) is 4.74 Å². The van der Waals surface area contributed by atoms with Crippen molar-refractivity contribution in [1.29, 1.82) is 0 Å². The summed E-state index contributed by atoms with van der Waals surface area (Å²) in [5, 5.41) is 9.31. The molecule has 0 aliphatic rings. The van der Waals surface area contributed by atoms with Crippen LogP contribution >= 0.6 is 0 Å². The summed E-state index contributed by atoms with van der Waals surface area (Å²) in [6, 6.07) is 6.22. The van der Waals surface area contributed by atoms with E-state index >= 15 is 0 Å². The number of aryl methyl sites for hydroxylation is 1. The topological polar surface area (TPSA) is 74.8 Å². The zero-order valence-electron chi connectivity index (χ0n) is 16.8. The molecule has 1 aromatic carbocycles. The molecule has 1 unspecified atom stereocenters. The Bertz CT molecular complexity index is 587. The second kappa shape index (κ2) is 12.2. The van der Waals surface area contributed by atoms with Crippen LogP contribution in [0, 0.1) is 6.92 Å². The molecule has 0 aliphatic carbocycles. The monoisotopic (exact) mass is 362 g/mol. The van der Waals surface area contributed by atoms with Gasteiger partial charge in [-0.05, 0) is 38.3 Å². The van der Waals surface area contributed by atoms with Crippen LogP contribution in [0.5, 0.6) is 5.75 Å². The van der Waals surface area contributed by atoms with E-state index in [0.717, 1.165) is 30.7 Å². The summed E-state index contributed by atoms with van der Waals surface area (Å²) in [4.78, 5) is 15.8. The summed E-state index contributed by atoms with van der Waals surface area (Å²) in [5.74, 6) is 1.63. The van der Waals surface area contributed by atoms with Gasteiger partial charge in [0.25, 0.3) is 0 Å². The zero-order chi connectivity index (χ0) is 19.4. The van der Waals surface area contributed by atoms with Crippen LogP contribution in [0.3, 0.4) is 0 Å². The highest BCUT2D eigenvalue weighted by Gasteiger charge is 2.09. The third kappa shape index (κ3) is 8.23. The van der Waals surface area contributed by atoms with E-state index < -0.39 is 0 Å². The number of nitrogens with one attached hydrogen (secondary N) is 3. The number of ether oxygens (including phenoxy) is 1. The van der Waals surface area contributed by atoms with Gasteiger partial charge in [0.15, 0.2) is 5.96 Å². The summed E-state index contributed by atoms with van der Waals surface area (Å²) in [6.07, 6.45) is 2.51. The van der Waals surface area contributed by atoms with Crippen molar-refractivity contribution in [3.05, 3.63) is 29.3 Å². The van der Waals surface area contributed by atoms with E-state index in [1.165, 1.54) is 5.56 Å². The van der Waals surface area contributed by atoms with Gasteiger partial charge >= 0.3 is 0 Å². The number of aliphatic imine (C=N–C) groups is 1. The number of guanidine groups is 1. The Morgan fingerprint density at radius 1 is 1.19 bits per heavy atom. The Balaban J connectivity index is 2.54. The van der Waals surface area contributed by atoms with Crippen molar-refractivity contribution < 1.29 is 9.53 Å². The summed E-state index contributed by atoms with van der Waals surface area (Å²) >= 11 is 0. The number of carbonyl (C=O) groups is 1. The van der Waals surface area contributed by atoms with Crippen molar-refractivity contribution in [3.63, 3.8) is 0 Å². The number of hydrogen-bond acceptors (Lipinski definition) is 3. The Morgan fingerprint density at radius 3 is 2.62 bits per heavy atom. The lowest BCUT2D eigenvalue weighted by molar-refractivity contribution is -0.120. The molecular formula is C20H34N4O2. The molecule has 0 aliphatic heterocycles. The molecule has 3 N–H and O–H groups in total. The molecule has 146 valence electrons. The first-order valence-electron chi connectivity index (χ1n) is 9.47. The zero-order valence-corrected chi connectivity index (χ0v) is 16.8. The molecule has 1 aromatic rings. The summed E-state index contributed by atoms with van der Waals surface area (Å²) in [5.41, 5.74) is 2.26. The van der Waals surface area contributed by atoms with E-state index in [-0.39, 0.29) is 12.0 Å². The molecule has 0 radical (unpaired) electrons. The predicted octanol–water partition coefficient (Wildman–Crippen LogP) is 2.75. The normalized spacial score (nSPS) is 12.4. The highest BCUT2D eigenvalue weighted by atomic mass is 16.5. The minimum Gasteiger partial charge on any atom is -0.490 e. The van der Waals surface area contributed by atoms with Gasteiger partial charge in [0, 0.05) is 38.7 Å². The minimum absolute atomic E-state index is 0.0533. The molecule has 0 spiro atoms. The molecule has 0 bridgehead atoms. The molecule has 0 aromatic heterocycles. The van der Waals surface area contributed by atoms with Crippen LogP contribution in [0.15, 0.2) is 23.2 Å². The number of carbonyl (C=O) groups excluding carboxylic acids is 1. The maximum atomic E-state index is 11.6. The Labute approximate surface area is 157 Å². The van der Waals surface area contributed by atoms with Gasteiger partial charge in [0.2, 0.25) is 5.91 Å². The van der Waals surface area contributed by atoms with Crippen molar-refractivity contribution >= 4 is 11.9 Å². The molecule has 1 atom stereocenters. The third-order valence-corrected chi connectivity index (χ3v) is 4.01. The van der Waals surface area contributed by atoms with Crippen LogP contribution in [0.4, 0.5) is 0 Å². The summed E-state index contributed by atoms with van der Waals surface area (Å²) in [6.45, 7) is 10.1. The van der Waals surface area contributed by atoms with Gasteiger partial charge in [-0.3, -0.25) is 9.79 Å². The van der Waals surface area contributed by atoms with Gasteiger partial charge in [-0.1, -0.05) is 26.0 Å². The van der Waals surface area contributed by atoms with Gasteiger partial charge in [-0.2, -0.15) is 0 Å². The number of hydrogen-bond donors (Lipinski definition) is 3. The Morgan fingerprint density at radius 2 is 1.96 bits per heavy atom. The van der Waals surface area contributed by atoms with E-state index in [1.54, 1.807) is 7.05 Å². The van der Waals surface area contributed by atoms with Crippen LogP contribution < -0.4 is 20.7 Å². The molecular weight excluding hydrogens is 328 g/mol. The molecule has 0 saturated carbocycles. The molecule has 0 heterocycles. The summed E-state index contributed by atoms with van der Waals surface area (Å²) in [7, 11) is 1.72. The van der Waals surface area contributed by atoms with Crippen molar-refractivity contribution in [2.24, 2.45) is 4.99 Å². The van der Waals surface area contributed by atoms with Gasteiger partial charge in [0.1, 0.15) is 5.75 Å². The Kier molecular flexibility index (Phi) is 10.2. The van der Waals surface area contributed by atoms with Crippen molar-refractivity contribution in [3.8, 4) is 5.75 Å². The summed E-state index contributed by atoms with van der Waals surface area (Å²) < 4.78 is 6.04. The lowest BCUT2D eigenvalue weighted by atomic mass is 10.1. The molecule has 26 heavy (non-hydrogen) atoms. The standard InChI is InChI=1S/C20H34N4O2/c1-6-11-22-19(25)10-12-23-20(21-5)24-14-17-9-8-15(3)13-18(17)26-16(4)7-2/h8-9,13,16H,6-7,10-12,14H2,1-5H3,(H,22,25)(H2,21,23,24). The van der Waals surface area contributed by atoms with Gasteiger partial charge in [-0.25, -0.2) is 0 Å². The largest absolute Gasteiger partial charge is 0.490 e. The fraction of sp³-hybridized carbons (Fsp3) is 0.600. The molecule has 1 rings (SSSR count). The van der Waals surface area contributed by atoms with Crippen LogP contribution in [-0.2, 0) is 11.3 Å². The number of rotatable bonds is 10. The van der Waals surface area contributed by atoms with Crippen molar-refractivity contribution in [2.45, 2.75) is 59.6 Å². The van der Waals surface area contributed by atoms with Crippen molar-refractivity contribution in [2.75, 3.05) is 20.1 Å². The van der Waals surface area contributed by atoms with Crippen LogP contribution in [0.1, 0.15) is 51.2 Å². The van der Waals surface area contributed by atoms with Gasteiger partial charge in [-0.15, -0.1) is 0 Å². The number of nitrogens with zero attached hydrogens (tertiary/aromatic N) is 1. The smallest absolute Gasteiger partial charge is 0.221 e. The maximum absolute atomic E-state index is 11.6. The predicted molar refractivity (Wildman–Crippen MR) is 108 cm³/mol. The molecule has 0 saturated heterocycles. The maximum Gasteiger partial charge on any atom is 0.221 e. The molecule has 6 heteroatoms. The van der Waals surface area contributed by atoms with E-state index in [1.807, 2.05) is 6.92 Å². The van der Waals surface area contributed by atoms with Crippen LogP contribution in [0.25, 0.3) is 0 Å². The average Bonchev–Trinajstić information content (AvgIpc) is 2.63. The Hall–Kier alpha value is -2.24. The van der Waals surface area contributed by atoms with E-state index in [2.05, 4.69) is 59.9 Å². The fourth-order valence-corrected chi connectivity index (χ4v) is 2.26. The number of benzene rings is 1. The van der Waals surface area contributed by atoms with Crippen LogP contribution in [-0.4, -0.2) is 38.1 Å². The van der Waals surface area contributed by atoms with Gasteiger partial charge in [0.05, 0.1) is 6.10 Å². The lowest BCUT2D eigenvalue weighted by Crippen LogP contribution is -2.39. The SMILES string of the molecule is CCCNC(=O)CCNC(=NC)NCc1ccc(C)cc1OC(C)CC. The fourth-order valence-electron chi connectivity index (χ4n) is 2.26. The first-order chi connectivity index (χ1) is 12.5. The second-order valence-electron chi connectivity index (χ2n) is 6.40. The van der Waals surface area contributed by atoms with E-state index in [9.17, 15) is 4.79 Å². The number of amides is 1. The second-order valence-corrected chi connectivity index (χ2v) is 6.40. The first-order valence-corrected chi connectivity index (χ1v) is 9.47. The third-order valence-electron chi connectivity index (χ3n) is 4.01. The highest BCUT2D eigenvalue weighted by Crippen LogP contribution is 2.22. The molecule has 6 nitrogen and oxygen atoms in total. The molecule has 0 fully saturated rings. The quantitative estimate of drug-likeness (QED) is 0.442. The van der Waals surface area contributed by atoms with E-state index in [0.29, 0.717) is 25.5 Å². The van der Waals surface area contributed by atoms with Crippen LogP contribution in [0.2, 0.25) is 0 Å². The molecule has 1 amide bonds. The minimum atomic E-state index is 0.0533.